The zero-order chi connectivity index (χ0) is 13.1. The topological polar surface area (TPSA) is 38.3 Å². The lowest BCUT2D eigenvalue weighted by atomic mass is 9.95. The molecule has 0 aromatic heterocycles. The minimum atomic E-state index is -0.425. The quantitative estimate of drug-likeness (QED) is 0.852. The van der Waals surface area contributed by atoms with E-state index >= 15 is 0 Å². The lowest BCUT2D eigenvalue weighted by Gasteiger charge is -2.30. The van der Waals surface area contributed by atoms with Gasteiger partial charge < -0.3 is 10.1 Å². The van der Waals surface area contributed by atoms with Gasteiger partial charge in [0, 0.05) is 19.4 Å². The largest absolute Gasteiger partial charge is 0.462 e. The molecule has 19 heavy (non-hydrogen) atoms. The summed E-state index contributed by atoms with van der Waals surface area (Å²) in [7, 11) is 0. The van der Waals surface area contributed by atoms with E-state index in [4.69, 9.17) is 16.3 Å². The molecule has 1 aliphatic heterocycles. The summed E-state index contributed by atoms with van der Waals surface area (Å²) in [6.07, 6.45) is 1.33. The molecular formula is C13H16Cl2FNO2. The maximum atomic E-state index is 13.4. The number of piperidine rings is 1. The molecule has 6 heteroatoms. The van der Waals surface area contributed by atoms with Crippen molar-refractivity contribution in [1.29, 1.82) is 0 Å². The highest BCUT2D eigenvalue weighted by atomic mass is 35.5. The third-order valence-corrected chi connectivity index (χ3v) is 3.34. The first-order valence-electron chi connectivity index (χ1n) is 5.92. The molecule has 0 radical (unpaired) electrons. The number of esters is 1. The number of ether oxygens (including phenoxy) is 1. The Morgan fingerprint density at radius 2 is 2.26 bits per heavy atom. The van der Waals surface area contributed by atoms with E-state index in [0.717, 1.165) is 18.5 Å². The number of benzene rings is 1. The second-order valence-electron chi connectivity index (χ2n) is 4.44. The number of hydrogen-bond acceptors (Lipinski definition) is 3. The fourth-order valence-electron chi connectivity index (χ4n) is 2.21. The highest BCUT2D eigenvalue weighted by Gasteiger charge is 2.25. The van der Waals surface area contributed by atoms with Gasteiger partial charge in [0.1, 0.15) is 11.9 Å². The summed E-state index contributed by atoms with van der Waals surface area (Å²) in [5.74, 6) is -0.700. The van der Waals surface area contributed by atoms with E-state index in [9.17, 15) is 9.18 Å². The van der Waals surface area contributed by atoms with Crippen LogP contribution in [0.15, 0.2) is 18.2 Å². The van der Waals surface area contributed by atoms with Gasteiger partial charge in [0.15, 0.2) is 0 Å². The van der Waals surface area contributed by atoms with E-state index in [1.54, 1.807) is 12.1 Å². The van der Waals surface area contributed by atoms with Gasteiger partial charge in [-0.25, -0.2) is 4.39 Å². The Balaban J connectivity index is 0.00000180. The summed E-state index contributed by atoms with van der Waals surface area (Å²) in [5.41, 5.74) is 0.828. The Morgan fingerprint density at radius 3 is 2.89 bits per heavy atom. The second kappa shape index (κ2) is 7.08. The molecular weight excluding hydrogens is 292 g/mol. The van der Waals surface area contributed by atoms with Crippen LogP contribution in [0.3, 0.4) is 0 Å². The molecule has 0 amide bonds. The minimum Gasteiger partial charge on any atom is -0.462 e. The summed E-state index contributed by atoms with van der Waals surface area (Å²) < 4.78 is 18.6. The fourth-order valence-corrected chi connectivity index (χ4v) is 2.32. The molecule has 0 saturated carbocycles. The molecule has 0 spiro atoms. The number of nitrogens with one attached hydrogen (secondary N) is 1. The number of rotatable bonds is 2. The molecule has 2 unspecified atom stereocenters. The fraction of sp³-hybridized carbons (Fsp3) is 0.462. The van der Waals surface area contributed by atoms with Crippen LogP contribution in [0.25, 0.3) is 0 Å². The van der Waals surface area contributed by atoms with Crippen LogP contribution in [0.2, 0.25) is 5.02 Å². The van der Waals surface area contributed by atoms with Crippen molar-refractivity contribution < 1.29 is 13.9 Å². The molecule has 1 aliphatic rings. The lowest BCUT2D eigenvalue weighted by molar-refractivity contribution is -0.147. The average molecular weight is 308 g/mol. The molecule has 106 valence electrons. The van der Waals surface area contributed by atoms with Crippen LogP contribution in [-0.2, 0) is 9.53 Å². The van der Waals surface area contributed by atoms with Crippen molar-refractivity contribution in [3.8, 4) is 0 Å². The predicted octanol–water partition coefficient (Wildman–Crippen LogP) is 3.26. The maximum absolute atomic E-state index is 13.4. The Morgan fingerprint density at radius 1 is 1.53 bits per heavy atom. The van der Waals surface area contributed by atoms with E-state index in [1.807, 2.05) is 0 Å². The van der Waals surface area contributed by atoms with Crippen LogP contribution in [-0.4, -0.2) is 18.6 Å². The number of carbonyl (C=O) groups excluding carboxylic acids is 1. The second-order valence-corrected chi connectivity index (χ2v) is 4.84. The van der Waals surface area contributed by atoms with Gasteiger partial charge in [-0.3, -0.25) is 4.79 Å². The third-order valence-electron chi connectivity index (χ3n) is 3.03. The molecule has 1 aromatic carbocycles. The lowest BCUT2D eigenvalue weighted by Crippen LogP contribution is -2.36. The normalized spacial score (nSPS) is 22.5. The molecule has 1 fully saturated rings. The first kappa shape index (κ1) is 16.2. The zero-order valence-corrected chi connectivity index (χ0v) is 12.1. The Hall–Kier alpha value is -0.840. The van der Waals surface area contributed by atoms with E-state index in [-0.39, 0.29) is 35.5 Å². The molecule has 1 aromatic rings. The third kappa shape index (κ3) is 4.34. The summed E-state index contributed by atoms with van der Waals surface area (Å²) >= 11 is 5.65. The first-order chi connectivity index (χ1) is 8.56. The SMILES string of the molecule is CC(=O)OC1CCNC(c2ccc(Cl)c(F)c2)C1.Cl. The van der Waals surface area contributed by atoms with Gasteiger partial charge >= 0.3 is 5.97 Å². The Kier molecular flexibility index (Phi) is 6.04. The van der Waals surface area contributed by atoms with Crippen molar-refractivity contribution in [2.75, 3.05) is 6.54 Å². The van der Waals surface area contributed by atoms with Crippen LogP contribution in [0.1, 0.15) is 31.4 Å². The van der Waals surface area contributed by atoms with Gasteiger partial charge in [0.25, 0.3) is 0 Å². The molecule has 2 rings (SSSR count). The molecule has 3 nitrogen and oxygen atoms in total. The molecule has 0 aliphatic carbocycles. The monoisotopic (exact) mass is 307 g/mol. The van der Waals surface area contributed by atoms with Crippen molar-refractivity contribution in [1.82, 2.24) is 5.32 Å². The molecule has 0 bridgehead atoms. The zero-order valence-electron chi connectivity index (χ0n) is 10.5. The summed E-state index contributed by atoms with van der Waals surface area (Å²) in [5, 5.41) is 3.40. The molecule has 1 saturated heterocycles. The van der Waals surface area contributed by atoms with Crippen LogP contribution >= 0.6 is 24.0 Å². The van der Waals surface area contributed by atoms with Crippen molar-refractivity contribution >= 4 is 30.0 Å². The molecule has 2 atom stereocenters. The summed E-state index contributed by atoms with van der Waals surface area (Å²) in [4.78, 5) is 10.9. The van der Waals surface area contributed by atoms with Crippen LogP contribution < -0.4 is 5.32 Å². The van der Waals surface area contributed by atoms with E-state index in [0.29, 0.717) is 6.42 Å². The average Bonchev–Trinajstić information content (AvgIpc) is 2.32. The van der Waals surface area contributed by atoms with Crippen molar-refractivity contribution in [3.05, 3.63) is 34.6 Å². The van der Waals surface area contributed by atoms with E-state index in [1.165, 1.54) is 13.0 Å². The van der Waals surface area contributed by atoms with E-state index in [2.05, 4.69) is 5.32 Å². The van der Waals surface area contributed by atoms with Crippen LogP contribution in [0.5, 0.6) is 0 Å². The maximum Gasteiger partial charge on any atom is 0.302 e. The number of halogens is 3. The number of hydrogen-bond donors (Lipinski definition) is 1. The number of carbonyl (C=O) groups is 1. The summed E-state index contributed by atoms with van der Waals surface area (Å²) in [6, 6.07) is 4.76. The van der Waals surface area contributed by atoms with Gasteiger partial charge in [0.05, 0.1) is 5.02 Å². The van der Waals surface area contributed by atoms with Crippen LogP contribution in [0, 0.1) is 5.82 Å². The Bertz CT molecular complexity index is 456. The van der Waals surface area contributed by atoms with Crippen molar-refractivity contribution in [3.63, 3.8) is 0 Å². The van der Waals surface area contributed by atoms with E-state index < -0.39 is 5.82 Å². The predicted molar refractivity (Wildman–Crippen MR) is 74.2 cm³/mol. The van der Waals surface area contributed by atoms with Crippen molar-refractivity contribution in [2.24, 2.45) is 0 Å². The van der Waals surface area contributed by atoms with Gasteiger partial charge in [-0.1, -0.05) is 17.7 Å². The summed E-state index contributed by atoms with van der Waals surface area (Å²) in [6.45, 7) is 2.14. The van der Waals surface area contributed by atoms with Crippen molar-refractivity contribution in [2.45, 2.75) is 31.9 Å². The minimum absolute atomic E-state index is 0. The van der Waals surface area contributed by atoms with Gasteiger partial charge in [0.2, 0.25) is 0 Å². The van der Waals surface area contributed by atoms with Gasteiger partial charge in [-0.05, 0) is 30.7 Å². The Labute approximate surface area is 122 Å². The van der Waals surface area contributed by atoms with Gasteiger partial charge in [-0.2, -0.15) is 0 Å². The highest BCUT2D eigenvalue weighted by molar-refractivity contribution is 6.30. The smallest absolute Gasteiger partial charge is 0.302 e. The highest BCUT2D eigenvalue weighted by Crippen LogP contribution is 2.27. The standard InChI is InChI=1S/C13H15ClFNO2.ClH/c1-8(17)18-10-4-5-16-13(7-10)9-2-3-11(14)12(15)6-9;/h2-3,6,10,13,16H,4-5,7H2,1H3;1H. The van der Waals surface area contributed by atoms with Gasteiger partial charge in [-0.15, -0.1) is 12.4 Å². The van der Waals surface area contributed by atoms with Crippen LogP contribution in [0.4, 0.5) is 4.39 Å². The first-order valence-corrected chi connectivity index (χ1v) is 6.29. The molecule has 1 N–H and O–H groups in total. The molecule has 1 heterocycles.